The van der Waals surface area contributed by atoms with Crippen molar-refractivity contribution in [1.82, 2.24) is 14.8 Å². The van der Waals surface area contributed by atoms with Crippen LogP contribution in [0.5, 0.6) is 0 Å². The molecular formula is C18H30N4. The van der Waals surface area contributed by atoms with Crippen LogP contribution in [0.15, 0.2) is 18.3 Å². The molecule has 1 aliphatic carbocycles. The zero-order valence-electron chi connectivity index (χ0n) is 14.0. The Morgan fingerprint density at radius 1 is 1.32 bits per heavy atom. The molecule has 122 valence electrons. The number of hydrogen-bond donors (Lipinski definition) is 1. The van der Waals surface area contributed by atoms with E-state index in [4.69, 9.17) is 5.73 Å². The van der Waals surface area contributed by atoms with Gasteiger partial charge in [-0.15, -0.1) is 0 Å². The van der Waals surface area contributed by atoms with Gasteiger partial charge in [-0.3, -0.25) is 9.80 Å². The van der Waals surface area contributed by atoms with Crippen LogP contribution in [0.1, 0.15) is 38.7 Å². The number of nitrogen functional groups attached to an aromatic ring is 1. The summed E-state index contributed by atoms with van der Waals surface area (Å²) in [6, 6.07) is 4.77. The molecular weight excluding hydrogens is 272 g/mol. The lowest BCUT2D eigenvalue weighted by Gasteiger charge is -2.34. The standard InChI is InChI=1S/C18H30N4/c1-14(2)17-13-21(12-16-5-3-8-20-18(16)19)9-4-10-22(17)11-15-6-7-15/h3,5,8,14-15,17H,4,6-7,9-13H2,1-2H3,(H2,19,20)/t17-/m0/s1. The van der Waals surface area contributed by atoms with Gasteiger partial charge in [-0.1, -0.05) is 19.9 Å². The first kappa shape index (κ1) is 15.8. The van der Waals surface area contributed by atoms with Crippen molar-refractivity contribution in [2.75, 3.05) is 31.9 Å². The van der Waals surface area contributed by atoms with Crippen LogP contribution in [0.3, 0.4) is 0 Å². The lowest BCUT2D eigenvalue weighted by Crippen LogP contribution is -2.45. The summed E-state index contributed by atoms with van der Waals surface area (Å²) in [6.45, 7) is 10.5. The summed E-state index contributed by atoms with van der Waals surface area (Å²) in [7, 11) is 0. The Morgan fingerprint density at radius 3 is 2.82 bits per heavy atom. The zero-order valence-corrected chi connectivity index (χ0v) is 14.0. The van der Waals surface area contributed by atoms with Crippen molar-refractivity contribution >= 4 is 5.82 Å². The van der Waals surface area contributed by atoms with Crippen molar-refractivity contribution in [2.45, 2.75) is 45.7 Å². The van der Waals surface area contributed by atoms with Crippen LogP contribution in [-0.2, 0) is 6.54 Å². The van der Waals surface area contributed by atoms with Gasteiger partial charge in [0.15, 0.2) is 0 Å². The molecule has 0 radical (unpaired) electrons. The second-order valence-corrected chi connectivity index (χ2v) is 7.39. The summed E-state index contributed by atoms with van der Waals surface area (Å²) in [6.07, 6.45) is 5.92. The number of hydrogen-bond acceptors (Lipinski definition) is 4. The van der Waals surface area contributed by atoms with Crippen molar-refractivity contribution in [3.8, 4) is 0 Å². The molecule has 2 aliphatic rings. The van der Waals surface area contributed by atoms with Crippen LogP contribution in [0.25, 0.3) is 0 Å². The van der Waals surface area contributed by atoms with E-state index in [2.05, 4.69) is 34.7 Å². The third kappa shape index (κ3) is 3.99. The molecule has 0 unspecified atom stereocenters. The van der Waals surface area contributed by atoms with Gasteiger partial charge < -0.3 is 5.73 Å². The van der Waals surface area contributed by atoms with Crippen molar-refractivity contribution < 1.29 is 0 Å². The van der Waals surface area contributed by atoms with Crippen LogP contribution in [0.2, 0.25) is 0 Å². The van der Waals surface area contributed by atoms with Crippen LogP contribution >= 0.6 is 0 Å². The first-order valence-corrected chi connectivity index (χ1v) is 8.79. The summed E-state index contributed by atoms with van der Waals surface area (Å²) in [5, 5.41) is 0. The summed E-state index contributed by atoms with van der Waals surface area (Å²) < 4.78 is 0. The highest BCUT2D eigenvalue weighted by Gasteiger charge is 2.32. The summed E-state index contributed by atoms with van der Waals surface area (Å²) in [5.41, 5.74) is 7.19. The first-order valence-electron chi connectivity index (χ1n) is 8.79. The minimum Gasteiger partial charge on any atom is -0.383 e. The van der Waals surface area contributed by atoms with Gasteiger partial charge in [-0.2, -0.15) is 0 Å². The minimum atomic E-state index is 0.668. The largest absolute Gasteiger partial charge is 0.383 e. The Kier molecular flexibility index (Phi) is 4.99. The average molecular weight is 302 g/mol. The molecule has 1 atom stereocenters. The molecule has 2 heterocycles. The van der Waals surface area contributed by atoms with Crippen LogP contribution in [0, 0.1) is 11.8 Å². The fourth-order valence-corrected chi connectivity index (χ4v) is 3.59. The molecule has 4 nitrogen and oxygen atoms in total. The fourth-order valence-electron chi connectivity index (χ4n) is 3.59. The summed E-state index contributed by atoms with van der Waals surface area (Å²) in [4.78, 5) is 9.56. The van der Waals surface area contributed by atoms with E-state index in [0.717, 1.165) is 19.0 Å². The Hall–Kier alpha value is -1.13. The van der Waals surface area contributed by atoms with E-state index in [1.807, 2.05) is 6.07 Å². The number of anilines is 1. The van der Waals surface area contributed by atoms with Crippen molar-refractivity contribution in [2.24, 2.45) is 11.8 Å². The monoisotopic (exact) mass is 302 g/mol. The molecule has 1 saturated carbocycles. The van der Waals surface area contributed by atoms with Crippen molar-refractivity contribution in [1.29, 1.82) is 0 Å². The summed E-state index contributed by atoms with van der Waals surface area (Å²) in [5.74, 6) is 2.36. The van der Waals surface area contributed by atoms with Gasteiger partial charge in [0.05, 0.1) is 0 Å². The molecule has 0 bridgehead atoms. The molecule has 0 amide bonds. The lowest BCUT2D eigenvalue weighted by atomic mass is 10.0. The highest BCUT2D eigenvalue weighted by molar-refractivity contribution is 5.38. The number of nitrogens with two attached hydrogens (primary N) is 1. The SMILES string of the molecule is CC(C)[C@@H]1CN(Cc2cccnc2N)CCCN1CC1CC1. The maximum absolute atomic E-state index is 6.02. The van der Waals surface area contributed by atoms with Crippen LogP contribution in [-0.4, -0.2) is 47.0 Å². The summed E-state index contributed by atoms with van der Waals surface area (Å²) >= 11 is 0. The fraction of sp³-hybridized carbons (Fsp3) is 0.722. The maximum Gasteiger partial charge on any atom is 0.127 e. The van der Waals surface area contributed by atoms with Gasteiger partial charge in [0.2, 0.25) is 0 Å². The number of nitrogens with zero attached hydrogens (tertiary/aromatic N) is 3. The zero-order chi connectivity index (χ0) is 15.5. The molecule has 2 fully saturated rings. The van der Waals surface area contributed by atoms with Gasteiger partial charge in [-0.05, 0) is 50.3 Å². The highest BCUT2D eigenvalue weighted by Crippen LogP contribution is 2.32. The van der Waals surface area contributed by atoms with Crippen molar-refractivity contribution in [3.05, 3.63) is 23.9 Å². The van der Waals surface area contributed by atoms with E-state index in [0.29, 0.717) is 17.8 Å². The Bertz CT molecular complexity index is 484. The molecule has 1 saturated heterocycles. The molecule has 0 spiro atoms. The molecule has 0 aromatic carbocycles. The van der Waals surface area contributed by atoms with Crippen molar-refractivity contribution in [3.63, 3.8) is 0 Å². The molecule has 2 N–H and O–H groups in total. The molecule has 3 rings (SSSR count). The molecule has 22 heavy (non-hydrogen) atoms. The third-order valence-electron chi connectivity index (χ3n) is 5.11. The van der Waals surface area contributed by atoms with E-state index in [9.17, 15) is 0 Å². The molecule has 1 aromatic rings. The second kappa shape index (κ2) is 6.97. The number of rotatable bonds is 5. The first-order chi connectivity index (χ1) is 10.6. The second-order valence-electron chi connectivity index (χ2n) is 7.39. The van der Waals surface area contributed by atoms with E-state index in [1.54, 1.807) is 6.20 Å². The average Bonchev–Trinajstić information content (AvgIpc) is 3.30. The maximum atomic E-state index is 6.02. The van der Waals surface area contributed by atoms with Crippen LogP contribution < -0.4 is 5.73 Å². The van der Waals surface area contributed by atoms with Crippen LogP contribution in [0.4, 0.5) is 5.82 Å². The Morgan fingerprint density at radius 2 is 2.14 bits per heavy atom. The highest BCUT2D eigenvalue weighted by atomic mass is 15.2. The quantitative estimate of drug-likeness (QED) is 0.908. The van der Waals surface area contributed by atoms with Gasteiger partial charge in [0.1, 0.15) is 5.82 Å². The van der Waals surface area contributed by atoms with E-state index >= 15 is 0 Å². The minimum absolute atomic E-state index is 0.668. The molecule has 4 heteroatoms. The predicted molar refractivity (Wildman–Crippen MR) is 91.5 cm³/mol. The smallest absolute Gasteiger partial charge is 0.127 e. The van der Waals surface area contributed by atoms with Gasteiger partial charge >= 0.3 is 0 Å². The van der Waals surface area contributed by atoms with E-state index in [-0.39, 0.29) is 0 Å². The number of pyridine rings is 1. The lowest BCUT2D eigenvalue weighted by molar-refractivity contribution is 0.132. The van der Waals surface area contributed by atoms with Gasteiger partial charge in [0, 0.05) is 37.4 Å². The normalized spacial score (nSPS) is 24.6. The van der Waals surface area contributed by atoms with Gasteiger partial charge in [-0.25, -0.2) is 4.98 Å². The van der Waals surface area contributed by atoms with E-state index in [1.165, 1.54) is 44.5 Å². The molecule has 1 aromatic heterocycles. The van der Waals surface area contributed by atoms with E-state index < -0.39 is 0 Å². The topological polar surface area (TPSA) is 45.4 Å². The molecule has 1 aliphatic heterocycles. The predicted octanol–water partition coefficient (Wildman–Crippen LogP) is 2.61. The van der Waals surface area contributed by atoms with Gasteiger partial charge in [0.25, 0.3) is 0 Å². The Balaban J connectivity index is 1.66. The number of aromatic nitrogens is 1. The Labute approximate surface area is 134 Å². The third-order valence-corrected chi connectivity index (χ3v) is 5.11.